The summed E-state index contributed by atoms with van der Waals surface area (Å²) in [5, 5.41) is 0. The van der Waals surface area contributed by atoms with Crippen molar-refractivity contribution in [3.05, 3.63) is 52.5 Å². The monoisotopic (exact) mass is 429 g/mol. The van der Waals surface area contributed by atoms with Crippen LogP contribution in [0.2, 0.25) is 0 Å². The van der Waals surface area contributed by atoms with E-state index in [0.29, 0.717) is 22.7 Å². The number of methoxy groups -OCH3 is 1. The molecule has 7 heteroatoms. The van der Waals surface area contributed by atoms with Gasteiger partial charge in [0.1, 0.15) is 17.4 Å². The lowest BCUT2D eigenvalue weighted by Crippen LogP contribution is -2.57. The second-order valence-electron chi connectivity index (χ2n) is 6.61. The predicted octanol–water partition coefficient (Wildman–Crippen LogP) is 3.29. The molecular formula is C20H16BrNO5. The second kappa shape index (κ2) is 6.49. The Bertz CT molecular complexity index is 955. The Labute approximate surface area is 164 Å². The van der Waals surface area contributed by atoms with Gasteiger partial charge in [-0.05, 0) is 42.5 Å². The summed E-state index contributed by atoms with van der Waals surface area (Å²) >= 11 is 3.40. The van der Waals surface area contributed by atoms with Crippen molar-refractivity contribution in [2.75, 3.05) is 12.0 Å². The number of carbonyl (C=O) groups is 3. The Morgan fingerprint density at radius 1 is 1.04 bits per heavy atom. The minimum atomic E-state index is -1.05. The topological polar surface area (TPSA) is 72.9 Å². The first kappa shape index (κ1) is 17.7. The van der Waals surface area contributed by atoms with E-state index >= 15 is 0 Å². The third kappa shape index (κ3) is 2.73. The van der Waals surface area contributed by atoms with Gasteiger partial charge in [0, 0.05) is 21.9 Å². The SMILES string of the molecule is COc1ccc(N2C(=O)[C@H]3C(=O)Oc4ccc(Br)cc4[C@H]3[C@@H](C)C2=O)cc1. The summed E-state index contributed by atoms with van der Waals surface area (Å²) in [5.41, 5.74) is 1.10. The first-order chi connectivity index (χ1) is 12.9. The summed E-state index contributed by atoms with van der Waals surface area (Å²) in [5.74, 6) is -2.69. The van der Waals surface area contributed by atoms with Crippen LogP contribution in [0.25, 0.3) is 0 Å². The Morgan fingerprint density at radius 3 is 2.41 bits per heavy atom. The van der Waals surface area contributed by atoms with Crippen LogP contribution in [-0.4, -0.2) is 24.9 Å². The maximum Gasteiger partial charge on any atom is 0.324 e. The lowest BCUT2D eigenvalue weighted by molar-refractivity contribution is -0.151. The van der Waals surface area contributed by atoms with Gasteiger partial charge in [-0.1, -0.05) is 22.9 Å². The molecule has 2 aliphatic rings. The highest BCUT2D eigenvalue weighted by molar-refractivity contribution is 9.10. The largest absolute Gasteiger partial charge is 0.497 e. The Balaban J connectivity index is 1.79. The molecule has 2 aromatic carbocycles. The molecule has 1 fully saturated rings. The molecule has 1 saturated heterocycles. The molecule has 27 heavy (non-hydrogen) atoms. The van der Waals surface area contributed by atoms with Gasteiger partial charge in [-0.2, -0.15) is 0 Å². The van der Waals surface area contributed by atoms with E-state index in [1.807, 2.05) is 0 Å². The predicted molar refractivity (Wildman–Crippen MR) is 101 cm³/mol. The van der Waals surface area contributed by atoms with Gasteiger partial charge in [0.15, 0.2) is 0 Å². The molecule has 6 nitrogen and oxygen atoms in total. The fraction of sp³-hybridized carbons (Fsp3) is 0.250. The number of nitrogens with zero attached hydrogens (tertiary/aromatic N) is 1. The maximum absolute atomic E-state index is 13.1. The third-order valence-electron chi connectivity index (χ3n) is 5.12. The zero-order valence-corrected chi connectivity index (χ0v) is 16.2. The van der Waals surface area contributed by atoms with E-state index in [9.17, 15) is 14.4 Å². The molecule has 2 aliphatic heterocycles. The molecular weight excluding hydrogens is 414 g/mol. The zero-order chi connectivity index (χ0) is 19.3. The zero-order valence-electron chi connectivity index (χ0n) is 14.6. The van der Waals surface area contributed by atoms with E-state index < -0.39 is 29.6 Å². The van der Waals surface area contributed by atoms with Crippen LogP contribution in [0.4, 0.5) is 5.69 Å². The highest BCUT2D eigenvalue weighted by Gasteiger charge is 2.54. The van der Waals surface area contributed by atoms with Crippen molar-refractivity contribution in [3.63, 3.8) is 0 Å². The van der Waals surface area contributed by atoms with Crippen LogP contribution in [-0.2, 0) is 14.4 Å². The van der Waals surface area contributed by atoms with Crippen LogP contribution >= 0.6 is 15.9 Å². The average molecular weight is 430 g/mol. The number of benzene rings is 2. The van der Waals surface area contributed by atoms with Crippen LogP contribution in [0.5, 0.6) is 11.5 Å². The summed E-state index contributed by atoms with van der Waals surface area (Å²) in [7, 11) is 1.53. The molecule has 0 saturated carbocycles. The van der Waals surface area contributed by atoms with E-state index in [1.54, 1.807) is 49.4 Å². The molecule has 3 atom stereocenters. The number of amides is 2. The van der Waals surface area contributed by atoms with Gasteiger partial charge in [-0.15, -0.1) is 0 Å². The number of anilines is 1. The van der Waals surface area contributed by atoms with Crippen LogP contribution in [0, 0.1) is 11.8 Å². The Kier molecular flexibility index (Phi) is 4.26. The van der Waals surface area contributed by atoms with Crippen molar-refractivity contribution in [1.82, 2.24) is 0 Å². The summed E-state index contributed by atoms with van der Waals surface area (Å²) in [4.78, 5) is 39.9. The van der Waals surface area contributed by atoms with E-state index in [4.69, 9.17) is 9.47 Å². The van der Waals surface area contributed by atoms with Crippen LogP contribution < -0.4 is 14.4 Å². The van der Waals surface area contributed by atoms with E-state index in [2.05, 4.69) is 15.9 Å². The number of rotatable bonds is 2. The van der Waals surface area contributed by atoms with Gasteiger partial charge in [-0.25, -0.2) is 4.90 Å². The van der Waals surface area contributed by atoms with Crippen molar-refractivity contribution in [3.8, 4) is 11.5 Å². The lowest BCUT2D eigenvalue weighted by atomic mass is 9.72. The van der Waals surface area contributed by atoms with Crippen LogP contribution in [0.3, 0.4) is 0 Å². The van der Waals surface area contributed by atoms with E-state index in [1.165, 1.54) is 7.11 Å². The van der Waals surface area contributed by atoms with Gasteiger partial charge in [0.25, 0.3) is 0 Å². The van der Waals surface area contributed by atoms with Gasteiger partial charge in [0.2, 0.25) is 11.8 Å². The van der Waals surface area contributed by atoms with Crippen molar-refractivity contribution < 1.29 is 23.9 Å². The molecule has 2 amide bonds. The summed E-state index contributed by atoms with van der Waals surface area (Å²) in [6.07, 6.45) is 0. The van der Waals surface area contributed by atoms with Gasteiger partial charge in [0.05, 0.1) is 12.8 Å². The van der Waals surface area contributed by atoms with Crippen molar-refractivity contribution in [2.24, 2.45) is 11.8 Å². The highest BCUT2D eigenvalue weighted by atomic mass is 79.9. The van der Waals surface area contributed by atoms with E-state index in [0.717, 1.165) is 9.37 Å². The fourth-order valence-electron chi connectivity index (χ4n) is 3.77. The number of ether oxygens (including phenoxy) is 2. The van der Waals surface area contributed by atoms with Crippen molar-refractivity contribution in [1.29, 1.82) is 0 Å². The lowest BCUT2D eigenvalue weighted by Gasteiger charge is -2.42. The van der Waals surface area contributed by atoms with E-state index in [-0.39, 0.29) is 5.91 Å². The van der Waals surface area contributed by atoms with Gasteiger partial charge in [-0.3, -0.25) is 14.4 Å². The number of hydrogen-bond donors (Lipinski definition) is 0. The first-order valence-corrected chi connectivity index (χ1v) is 9.24. The normalized spacial score (nSPS) is 24.2. The third-order valence-corrected chi connectivity index (χ3v) is 5.61. The Morgan fingerprint density at radius 2 is 1.74 bits per heavy atom. The van der Waals surface area contributed by atoms with Gasteiger partial charge < -0.3 is 9.47 Å². The fourth-order valence-corrected chi connectivity index (χ4v) is 4.15. The molecule has 2 aromatic rings. The highest BCUT2D eigenvalue weighted by Crippen LogP contribution is 2.47. The Hall–Kier alpha value is -2.67. The molecule has 4 rings (SSSR count). The van der Waals surface area contributed by atoms with Crippen LogP contribution in [0.15, 0.2) is 46.9 Å². The molecule has 0 aromatic heterocycles. The number of carbonyl (C=O) groups excluding carboxylic acids is 3. The molecule has 0 aliphatic carbocycles. The number of piperidine rings is 1. The maximum atomic E-state index is 13.1. The number of halogens is 1. The smallest absolute Gasteiger partial charge is 0.324 e. The number of fused-ring (bicyclic) bond motifs is 3. The minimum Gasteiger partial charge on any atom is -0.497 e. The molecule has 0 spiro atoms. The summed E-state index contributed by atoms with van der Waals surface area (Å²) < 4.78 is 11.3. The second-order valence-corrected chi connectivity index (χ2v) is 7.52. The number of esters is 1. The molecule has 138 valence electrons. The summed E-state index contributed by atoms with van der Waals surface area (Å²) in [6.45, 7) is 1.74. The average Bonchev–Trinajstić information content (AvgIpc) is 2.66. The molecule has 0 unspecified atom stereocenters. The standard InChI is InChI=1S/C20H16BrNO5/c1-10-16-14-9-11(21)3-8-15(14)27-20(25)17(16)19(24)22(18(10)23)12-4-6-13(26-2)7-5-12/h3-10,16-17H,1-2H3/t10-,16-,17+/m1/s1. The van der Waals surface area contributed by atoms with Crippen molar-refractivity contribution >= 4 is 39.4 Å². The number of hydrogen-bond acceptors (Lipinski definition) is 5. The number of imide groups is 1. The summed E-state index contributed by atoms with van der Waals surface area (Å²) in [6, 6.07) is 11.8. The van der Waals surface area contributed by atoms with Crippen molar-refractivity contribution in [2.45, 2.75) is 12.8 Å². The van der Waals surface area contributed by atoms with Gasteiger partial charge >= 0.3 is 5.97 Å². The minimum absolute atomic E-state index is 0.341. The first-order valence-electron chi connectivity index (χ1n) is 8.45. The molecule has 0 bridgehead atoms. The quantitative estimate of drug-likeness (QED) is 0.317. The van der Waals surface area contributed by atoms with Crippen LogP contribution in [0.1, 0.15) is 18.4 Å². The molecule has 0 radical (unpaired) electrons. The molecule has 0 N–H and O–H groups in total. The molecule has 2 heterocycles.